The van der Waals surface area contributed by atoms with Crippen LogP contribution in [0.1, 0.15) is 30.0 Å². The second kappa shape index (κ2) is 2.85. The van der Waals surface area contributed by atoms with Gasteiger partial charge in [0.25, 0.3) is 0 Å². The summed E-state index contributed by atoms with van der Waals surface area (Å²) >= 11 is 0. The van der Waals surface area contributed by atoms with E-state index in [1.54, 1.807) is 0 Å². The third-order valence-electron chi connectivity index (χ3n) is 3.22. The van der Waals surface area contributed by atoms with E-state index in [-0.39, 0.29) is 6.04 Å². The molecule has 0 saturated heterocycles. The molecule has 3 rings (SSSR count). The first-order valence-electron chi connectivity index (χ1n) is 5.21. The van der Waals surface area contributed by atoms with Crippen molar-refractivity contribution in [2.45, 2.75) is 25.3 Å². The standard InChI is InChI=1S/C12H14N2/c13-11-3-1-2-8-9(11)4-5-12-10(8)6-7-14-12/h4-7,11,14H,1-3,13H2. The summed E-state index contributed by atoms with van der Waals surface area (Å²) in [6, 6.07) is 6.72. The predicted octanol–water partition coefficient (Wildman–Crippen LogP) is 2.50. The van der Waals surface area contributed by atoms with Crippen molar-refractivity contribution < 1.29 is 0 Å². The van der Waals surface area contributed by atoms with E-state index in [1.165, 1.54) is 34.9 Å². The zero-order valence-electron chi connectivity index (χ0n) is 8.09. The lowest BCUT2D eigenvalue weighted by atomic mass is 9.86. The van der Waals surface area contributed by atoms with Crippen LogP contribution in [0.2, 0.25) is 0 Å². The highest BCUT2D eigenvalue weighted by Crippen LogP contribution is 2.32. The van der Waals surface area contributed by atoms with Gasteiger partial charge in [-0.15, -0.1) is 0 Å². The minimum Gasteiger partial charge on any atom is -0.361 e. The Labute approximate surface area is 83.1 Å². The van der Waals surface area contributed by atoms with Gasteiger partial charge in [-0.2, -0.15) is 0 Å². The summed E-state index contributed by atoms with van der Waals surface area (Å²) in [4.78, 5) is 3.24. The highest BCUT2D eigenvalue weighted by molar-refractivity contribution is 5.84. The molecule has 0 fully saturated rings. The molecule has 0 saturated carbocycles. The lowest BCUT2D eigenvalue weighted by Gasteiger charge is -2.22. The first kappa shape index (κ1) is 8.06. The van der Waals surface area contributed by atoms with Gasteiger partial charge in [-0.1, -0.05) is 6.07 Å². The first-order valence-corrected chi connectivity index (χ1v) is 5.21. The van der Waals surface area contributed by atoms with Gasteiger partial charge >= 0.3 is 0 Å². The van der Waals surface area contributed by atoms with E-state index in [4.69, 9.17) is 5.73 Å². The zero-order valence-corrected chi connectivity index (χ0v) is 8.09. The highest BCUT2D eigenvalue weighted by atomic mass is 14.7. The van der Waals surface area contributed by atoms with E-state index in [1.807, 2.05) is 6.20 Å². The Morgan fingerprint density at radius 2 is 2.21 bits per heavy atom. The molecule has 3 N–H and O–H groups in total. The number of aromatic amines is 1. The molecular weight excluding hydrogens is 172 g/mol. The van der Waals surface area contributed by atoms with Crippen molar-refractivity contribution in [2.75, 3.05) is 0 Å². The predicted molar refractivity (Wildman–Crippen MR) is 58.2 cm³/mol. The molecule has 1 unspecified atom stereocenters. The summed E-state index contributed by atoms with van der Waals surface area (Å²) in [6.07, 6.45) is 5.53. The quantitative estimate of drug-likeness (QED) is 0.652. The number of hydrogen-bond donors (Lipinski definition) is 2. The van der Waals surface area contributed by atoms with Gasteiger partial charge in [0, 0.05) is 23.1 Å². The molecule has 14 heavy (non-hydrogen) atoms. The van der Waals surface area contributed by atoms with Crippen molar-refractivity contribution in [2.24, 2.45) is 5.73 Å². The van der Waals surface area contributed by atoms with Crippen LogP contribution in [0.3, 0.4) is 0 Å². The largest absolute Gasteiger partial charge is 0.361 e. The Kier molecular flexibility index (Phi) is 1.64. The van der Waals surface area contributed by atoms with Crippen LogP contribution in [0.4, 0.5) is 0 Å². The fourth-order valence-electron chi connectivity index (χ4n) is 2.49. The van der Waals surface area contributed by atoms with E-state index >= 15 is 0 Å². The maximum Gasteiger partial charge on any atom is 0.0456 e. The summed E-state index contributed by atoms with van der Waals surface area (Å²) in [7, 11) is 0. The van der Waals surface area contributed by atoms with Crippen LogP contribution in [0.5, 0.6) is 0 Å². The second-order valence-corrected chi connectivity index (χ2v) is 4.07. The first-order chi connectivity index (χ1) is 6.86. The van der Waals surface area contributed by atoms with Crippen LogP contribution in [0.15, 0.2) is 24.4 Å². The van der Waals surface area contributed by atoms with Crippen LogP contribution >= 0.6 is 0 Å². The smallest absolute Gasteiger partial charge is 0.0456 e. The molecule has 0 aliphatic heterocycles. The molecule has 1 aliphatic rings. The summed E-state index contributed by atoms with van der Waals surface area (Å²) in [5.74, 6) is 0. The molecule has 0 bridgehead atoms. The number of aromatic nitrogens is 1. The SMILES string of the molecule is NC1CCCc2c1ccc1[nH]ccc21. The fraction of sp³-hybridized carbons (Fsp3) is 0.333. The Hall–Kier alpha value is -1.28. The third-order valence-corrected chi connectivity index (χ3v) is 3.22. The Bertz CT molecular complexity index is 470. The Morgan fingerprint density at radius 1 is 1.29 bits per heavy atom. The van der Waals surface area contributed by atoms with Gasteiger partial charge < -0.3 is 10.7 Å². The fourth-order valence-corrected chi connectivity index (χ4v) is 2.49. The van der Waals surface area contributed by atoms with Crippen molar-refractivity contribution in [1.29, 1.82) is 0 Å². The van der Waals surface area contributed by atoms with Gasteiger partial charge in [0.05, 0.1) is 0 Å². The topological polar surface area (TPSA) is 41.8 Å². The molecule has 0 amide bonds. The molecule has 1 aromatic carbocycles. The Balaban J connectivity index is 2.32. The number of benzene rings is 1. The molecule has 72 valence electrons. The molecule has 2 heteroatoms. The van der Waals surface area contributed by atoms with E-state index in [2.05, 4.69) is 23.2 Å². The number of aryl methyl sites for hydroxylation is 1. The van der Waals surface area contributed by atoms with Crippen molar-refractivity contribution >= 4 is 10.9 Å². The molecule has 1 aromatic heterocycles. The number of nitrogens with two attached hydrogens (primary N) is 1. The molecule has 1 heterocycles. The molecule has 2 nitrogen and oxygen atoms in total. The summed E-state index contributed by atoms with van der Waals surface area (Å²) in [5.41, 5.74) is 10.1. The Morgan fingerprint density at radius 3 is 3.14 bits per heavy atom. The van der Waals surface area contributed by atoms with E-state index in [9.17, 15) is 0 Å². The molecule has 1 aliphatic carbocycles. The highest BCUT2D eigenvalue weighted by Gasteiger charge is 2.18. The molecule has 0 radical (unpaired) electrons. The van der Waals surface area contributed by atoms with E-state index in [0.29, 0.717) is 0 Å². The van der Waals surface area contributed by atoms with E-state index < -0.39 is 0 Å². The minimum atomic E-state index is 0.248. The van der Waals surface area contributed by atoms with Crippen LogP contribution in [0.25, 0.3) is 10.9 Å². The number of nitrogens with one attached hydrogen (secondary N) is 1. The van der Waals surface area contributed by atoms with Gasteiger partial charge in [0.15, 0.2) is 0 Å². The van der Waals surface area contributed by atoms with Gasteiger partial charge in [-0.25, -0.2) is 0 Å². The normalized spacial score (nSPS) is 21.1. The van der Waals surface area contributed by atoms with Crippen molar-refractivity contribution in [3.63, 3.8) is 0 Å². The van der Waals surface area contributed by atoms with Gasteiger partial charge in [0.1, 0.15) is 0 Å². The number of hydrogen-bond acceptors (Lipinski definition) is 1. The van der Waals surface area contributed by atoms with Crippen LogP contribution < -0.4 is 5.73 Å². The van der Waals surface area contributed by atoms with E-state index in [0.717, 1.165) is 6.42 Å². The second-order valence-electron chi connectivity index (χ2n) is 4.07. The number of H-pyrrole nitrogens is 1. The maximum absolute atomic E-state index is 6.10. The summed E-state index contributed by atoms with van der Waals surface area (Å²) in [5, 5.41) is 1.36. The molecule has 2 aromatic rings. The van der Waals surface area contributed by atoms with Gasteiger partial charge in [-0.3, -0.25) is 0 Å². The third kappa shape index (κ3) is 1.01. The van der Waals surface area contributed by atoms with Crippen molar-refractivity contribution in [3.8, 4) is 0 Å². The number of fused-ring (bicyclic) bond motifs is 3. The maximum atomic E-state index is 6.10. The lowest BCUT2D eigenvalue weighted by Crippen LogP contribution is -2.17. The molecule has 0 spiro atoms. The van der Waals surface area contributed by atoms with Gasteiger partial charge in [0.2, 0.25) is 0 Å². The lowest BCUT2D eigenvalue weighted by molar-refractivity contribution is 0.573. The van der Waals surface area contributed by atoms with Crippen LogP contribution in [-0.4, -0.2) is 4.98 Å². The molecular formula is C12H14N2. The summed E-state index contributed by atoms with van der Waals surface area (Å²) < 4.78 is 0. The molecule has 1 atom stereocenters. The van der Waals surface area contributed by atoms with Crippen molar-refractivity contribution in [3.05, 3.63) is 35.5 Å². The minimum absolute atomic E-state index is 0.248. The average molecular weight is 186 g/mol. The van der Waals surface area contributed by atoms with Crippen LogP contribution in [0, 0.1) is 0 Å². The summed E-state index contributed by atoms with van der Waals surface area (Å²) in [6.45, 7) is 0. The van der Waals surface area contributed by atoms with Gasteiger partial charge in [-0.05, 0) is 42.5 Å². The number of rotatable bonds is 0. The monoisotopic (exact) mass is 186 g/mol. The van der Waals surface area contributed by atoms with Crippen LogP contribution in [-0.2, 0) is 6.42 Å². The average Bonchev–Trinajstić information content (AvgIpc) is 2.66. The van der Waals surface area contributed by atoms with Crippen molar-refractivity contribution in [1.82, 2.24) is 4.98 Å². The zero-order chi connectivity index (χ0) is 9.54.